The van der Waals surface area contributed by atoms with Gasteiger partial charge in [-0.25, -0.2) is 13.9 Å². The number of hydrogen-bond donors (Lipinski definition) is 1. The van der Waals surface area contributed by atoms with Crippen LogP contribution in [0.15, 0.2) is 30.5 Å². The zero-order chi connectivity index (χ0) is 20.7. The Kier molecular flexibility index (Phi) is 5.02. The molecule has 1 aliphatic rings. The fourth-order valence-electron chi connectivity index (χ4n) is 3.05. The van der Waals surface area contributed by atoms with E-state index in [1.807, 2.05) is 0 Å². The van der Waals surface area contributed by atoms with Crippen molar-refractivity contribution in [3.63, 3.8) is 0 Å². The van der Waals surface area contributed by atoms with Gasteiger partial charge < -0.3 is 10.1 Å². The van der Waals surface area contributed by atoms with Crippen LogP contribution in [0.1, 0.15) is 41.3 Å². The summed E-state index contributed by atoms with van der Waals surface area (Å²) in [7, 11) is 0. The van der Waals surface area contributed by atoms with Crippen LogP contribution >= 0.6 is 0 Å². The Morgan fingerprint density at radius 2 is 1.89 bits per heavy atom. The van der Waals surface area contributed by atoms with E-state index in [2.05, 4.69) is 10.4 Å². The number of fused-ring (bicyclic) bond motifs is 1. The summed E-state index contributed by atoms with van der Waals surface area (Å²) in [5.41, 5.74) is 0.0169. The van der Waals surface area contributed by atoms with Gasteiger partial charge in [-0.2, -0.15) is 27.1 Å². The predicted octanol–water partition coefficient (Wildman–Crippen LogP) is 4.49. The van der Waals surface area contributed by atoms with Gasteiger partial charge in [-0.05, 0) is 24.6 Å². The maximum absolute atomic E-state index is 14.2. The summed E-state index contributed by atoms with van der Waals surface area (Å²) >= 11 is 0. The molecule has 152 valence electrons. The van der Waals surface area contributed by atoms with Crippen LogP contribution in [0.3, 0.4) is 0 Å². The largest absolute Gasteiger partial charge is 0.462 e. The highest BCUT2D eigenvalue weighted by Crippen LogP contribution is 2.50. The lowest BCUT2D eigenvalue weighted by molar-refractivity contribution is -0.301. The van der Waals surface area contributed by atoms with Crippen LogP contribution < -0.4 is 5.32 Å². The molecule has 3 rings (SSSR count). The monoisotopic (exact) mass is 407 g/mol. The van der Waals surface area contributed by atoms with E-state index in [-0.39, 0.29) is 23.6 Å². The van der Waals surface area contributed by atoms with Gasteiger partial charge in [0, 0.05) is 6.42 Å². The van der Waals surface area contributed by atoms with Gasteiger partial charge in [0.15, 0.2) is 0 Å². The average molecular weight is 407 g/mol. The van der Waals surface area contributed by atoms with Crippen LogP contribution in [0.5, 0.6) is 0 Å². The van der Waals surface area contributed by atoms with Crippen molar-refractivity contribution in [2.24, 2.45) is 0 Å². The molecule has 1 aromatic carbocycles. The van der Waals surface area contributed by atoms with Crippen molar-refractivity contribution < 1.29 is 35.9 Å². The maximum Gasteiger partial charge on any atom is 0.455 e. The van der Waals surface area contributed by atoms with Crippen LogP contribution in [0.25, 0.3) is 0 Å². The average Bonchev–Trinajstić information content (AvgIpc) is 3.04. The van der Waals surface area contributed by atoms with E-state index in [1.54, 1.807) is 0 Å². The van der Waals surface area contributed by atoms with E-state index in [1.165, 1.54) is 19.1 Å². The first kappa shape index (κ1) is 20.0. The summed E-state index contributed by atoms with van der Waals surface area (Å²) in [4.78, 5) is 12.0. The fourth-order valence-corrected chi connectivity index (χ4v) is 3.05. The lowest BCUT2D eigenvalue weighted by Crippen LogP contribution is -2.47. The highest BCUT2D eigenvalue weighted by atomic mass is 19.4. The standard InChI is InChI=1S/C17H15F6N3O2/c1-2-28-15(27)11-8-24-26-13(16(19,20)17(21,22)23)7-12(25-14(11)26)9-3-5-10(18)6-4-9/h3-6,8,12-13,25H,2,7H2,1H3/t12-,13-/m0/s1. The number of nitrogens with zero attached hydrogens (tertiary/aromatic N) is 2. The van der Waals surface area contributed by atoms with E-state index in [0.29, 0.717) is 4.68 Å². The fraction of sp³-hybridized carbons (Fsp3) is 0.412. The topological polar surface area (TPSA) is 56.1 Å². The number of anilines is 1. The summed E-state index contributed by atoms with van der Waals surface area (Å²) in [5, 5.41) is 6.33. The van der Waals surface area contributed by atoms with Crippen molar-refractivity contribution in [1.29, 1.82) is 0 Å². The highest BCUT2D eigenvalue weighted by molar-refractivity contribution is 5.94. The SMILES string of the molecule is CCOC(=O)c1cnn2c1N[C@H](c1ccc(F)cc1)C[C@H]2C(F)(F)C(F)(F)F. The summed E-state index contributed by atoms with van der Waals surface area (Å²) in [6, 6.07) is 1.23. The number of esters is 1. The first-order valence-electron chi connectivity index (χ1n) is 8.27. The predicted molar refractivity (Wildman–Crippen MR) is 85.6 cm³/mol. The molecule has 0 fully saturated rings. The number of carbonyl (C=O) groups excluding carboxylic acids is 1. The van der Waals surface area contributed by atoms with E-state index < -0.39 is 42.4 Å². The van der Waals surface area contributed by atoms with Crippen LogP contribution in [0, 0.1) is 5.82 Å². The van der Waals surface area contributed by atoms with Gasteiger partial charge in [-0.15, -0.1) is 0 Å². The minimum Gasteiger partial charge on any atom is -0.462 e. The lowest BCUT2D eigenvalue weighted by Gasteiger charge is -2.37. The second kappa shape index (κ2) is 7.02. The molecule has 0 bridgehead atoms. The molecule has 1 aliphatic heterocycles. The van der Waals surface area contributed by atoms with E-state index in [9.17, 15) is 31.1 Å². The van der Waals surface area contributed by atoms with Crippen molar-refractivity contribution in [3.8, 4) is 0 Å². The normalized spacial score (nSPS) is 19.7. The summed E-state index contributed by atoms with van der Waals surface area (Å²) < 4.78 is 85.9. The summed E-state index contributed by atoms with van der Waals surface area (Å²) in [5.74, 6) is -6.92. The number of alkyl halides is 5. The molecule has 2 heterocycles. The van der Waals surface area contributed by atoms with Gasteiger partial charge in [-0.1, -0.05) is 12.1 Å². The summed E-state index contributed by atoms with van der Waals surface area (Å²) in [6.07, 6.45) is -5.63. The number of ether oxygens (including phenoxy) is 1. The van der Waals surface area contributed by atoms with Gasteiger partial charge >= 0.3 is 18.1 Å². The third kappa shape index (κ3) is 3.40. The number of benzene rings is 1. The molecule has 11 heteroatoms. The first-order chi connectivity index (χ1) is 13.1. The smallest absolute Gasteiger partial charge is 0.455 e. The highest BCUT2D eigenvalue weighted by Gasteiger charge is 2.64. The van der Waals surface area contributed by atoms with Crippen molar-refractivity contribution in [1.82, 2.24) is 9.78 Å². The van der Waals surface area contributed by atoms with Crippen molar-refractivity contribution in [2.75, 3.05) is 11.9 Å². The van der Waals surface area contributed by atoms with Crippen molar-refractivity contribution in [2.45, 2.75) is 37.5 Å². The molecular formula is C17H15F6N3O2. The third-order valence-electron chi connectivity index (χ3n) is 4.42. The van der Waals surface area contributed by atoms with Gasteiger partial charge in [-0.3, -0.25) is 0 Å². The third-order valence-corrected chi connectivity index (χ3v) is 4.42. The van der Waals surface area contributed by atoms with E-state index in [0.717, 1.165) is 18.3 Å². The Morgan fingerprint density at radius 1 is 1.25 bits per heavy atom. The molecule has 0 saturated heterocycles. The molecule has 0 amide bonds. The molecule has 1 aromatic heterocycles. The van der Waals surface area contributed by atoms with Gasteiger partial charge in [0.05, 0.1) is 18.8 Å². The maximum atomic E-state index is 14.2. The lowest BCUT2D eigenvalue weighted by atomic mass is 9.93. The number of aromatic nitrogens is 2. The molecule has 2 atom stereocenters. The Hall–Kier alpha value is -2.72. The molecule has 5 nitrogen and oxygen atoms in total. The molecular weight excluding hydrogens is 392 g/mol. The Bertz CT molecular complexity index is 863. The zero-order valence-electron chi connectivity index (χ0n) is 14.4. The van der Waals surface area contributed by atoms with Gasteiger partial charge in [0.1, 0.15) is 23.2 Å². The molecule has 0 unspecified atom stereocenters. The van der Waals surface area contributed by atoms with Crippen LogP contribution in [0.2, 0.25) is 0 Å². The molecule has 0 spiro atoms. The van der Waals surface area contributed by atoms with Crippen LogP contribution in [-0.2, 0) is 4.74 Å². The molecule has 0 aliphatic carbocycles. The number of carbonyl (C=O) groups is 1. The van der Waals surface area contributed by atoms with Gasteiger partial charge in [0.25, 0.3) is 0 Å². The molecule has 0 saturated carbocycles. The number of halogens is 6. The number of hydrogen-bond acceptors (Lipinski definition) is 4. The van der Waals surface area contributed by atoms with Crippen molar-refractivity contribution >= 4 is 11.8 Å². The summed E-state index contributed by atoms with van der Waals surface area (Å²) in [6.45, 7) is 1.50. The van der Waals surface area contributed by atoms with E-state index in [4.69, 9.17) is 4.74 Å². The van der Waals surface area contributed by atoms with Gasteiger partial charge in [0.2, 0.25) is 0 Å². The quantitative estimate of drug-likeness (QED) is 0.599. The Balaban J connectivity index is 2.08. The minimum absolute atomic E-state index is 0.0208. The van der Waals surface area contributed by atoms with E-state index >= 15 is 0 Å². The number of nitrogens with one attached hydrogen (secondary N) is 1. The Morgan fingerprint density at radius 3 is 2.46 bits per heavy atom. The molecule has 28 heavy (non-hydrogen) atoms. The zero-order valence-corrected chi connectivity index (χ0v) is 14.4. The van der Waals surface area contributed by atoms with Crippen molar-refractivity contribution in [3.05, 3.63) is 47.4 Å². The first-order valence-corrected chi connectivity index (χ1v) is 8.27. The molecule has 2 aromatic rings. The molecule has 1 N–H and O–H groups in total. The van der Waals surface area contributed by atoms with Crippen LogP contribution in [-0.4, -0.2) is 34.5 Å². The van der Waals surface area contributed by atoms with Crippen LogP contribution in [0.4, 0.5) is 32.2 Å². The second-order valence-electron chi connectivity index (χ2n) is 6.19. The molecule has 0 radical (unpaired) electrons. The number of rotatable bonds is 4. The Labute approximate surface area is 155 Å². The minimum atomic E-state index is -5.82. The second-order valence-corrected chi connectivity index (χ2v) is 6.19.